The van der Waals surface area contributed by atoms with E-state index < -0.39 is 5.97 Å². The fraction of sp³-hybridized carbons (Fsp3) is 0.111. The summed E-state index contributed by atoms with van der Waals surface area (Å²) in [5, 5.41) is 0. The van der Waals surface area contributed by atoms with Crippen LogP contribution in [0.5, 0.6) is 5.75 Å². The zero-order valence-corrected chi connectivity index (χ0v) is 12.5. The number of rotatable bonds is 4. The molecule has 0 atom stereocenters. The zero-order valence-electron chi connectivity index (χ0n) is 12.5. The van der Waals surface area contributed by atoms with E-state index in [0.29, 0.717) is 17.9 Å². The van der Waals surface area contributed by atoms with Crippen LogP contribution in [0.4, 0.5) is 4.39 Å². The molecule has 23 heavy (non-hydrogen) atoms. The number of benzene rings is 2. The van der Waals surface area contributed by atoms with Crippen molar-refractivity contribution in [2.24, 2.45) is 4.99 Å². The Balaban J connectivity index is 1.94. The van der Waals surface area contributed by atoms with Gasteiger partial charge in [-0.25, -0.2) is 14.2 Å². The summed E-state index contributed by atoms with van der Waals surface area (Å²) in [7, 11) is 0. The Morgan fingerprint density at radius 3 is 2.65 bits per heavy atom. The molecular formula is C18H14FNO3. The number of aliphatic imine (C=N–C) groups is 1. The number of cyclic esters (lactones) is 1. The first-order valence-electron chi connectivity index (χ1n) is 7.17. The quantitative estimate of drug-likeness (QED) is 0.640. The Bertz CT molecular complexity index is 794. The van der Waals surface area contributed by atoms with Crippen LogP contribution in [0.15, 0.2) is 59.2 Å². The van der Waals surface area contributed by atoms with Crippen LogP contribution in [0, 0.1) is 5.82 Å². The molecule has 0 fully saturated rings. The van der Waals surface area contributed by atoms with Crippen molar-refractivity contribution in [2.75, 3.05) is 6.61 Å². The lowest BCUT2D eigenvalue weighted by Crippen LogP contribution is -2.05. The third-order valence-electron chi connectivity index (χ3n) is 3.22. The minimum atomic E-state index is -0.546. The number of halogens is 1. The van der Waals surface area contributed by atoms with Crippen molar-refractivity contribution in [1.29, 1.82) is 0 Å². The number of carbonyl (C=O) groups excluding carboxylic acids is 1. The van der Waals surface area contributed by atoms with Gasteiger partial charge in [-0.3, -0.25) is 0 Å². The summed E-state index contributed by atoms with van der Waals surface area (Å²) in [6, 6.07) is 13.0. The minimum Gasteiger partial charge on any atom is -0.493 e. The minimum absolute atomic E-state index is 0.162. The number of esters is 1. The van der Waals surface area contributed by atoms with E-state index in [4.69, 9.17) is 9.47 Å². The van der Waals surface area contributed by atoms with Gasteiger partial charge in [0, 0.05) is 11.1 Å². The molecule has 116 valence electrons. The molecule has 0 saturated carbocycles. The van der Waals surface area contributed by atoms with Crippen molar-refractivity contribution in [3.8, 4) is 5.75 Å². The topological polar surface area (TPSA) is 47.9 Å². The van der Waals surface area contributed by atoms with Crippen molar-refractivity contribution in [2.45, 2.75) is 6.92 Å². The van der Waals surface area contributed by atoms with Crippen molar-refractivity contribution < 1.29 is 18.7 Å². The number of hydrogen-bond acceptors (Lipinski definition) is 4. The maximum absolute atomic E-state index is 13.0. The Morgan fingerprint density at radius 1 is 1.17 bits per heavy atom. The lowest BCUT2D eigenvalue weighted by atomic mass is 10.1. The van der Waals surface area contributed by atoms with Gasteiger partial charge in [0.05, 0.1) is 6.61 Å². The van der Waals surface area contributed by atoms with Gasteiger partial charge in [-0.1, -0.05) is 18.2 Å². The molecule has 0 aromatic heterocycles. The molecule has 0 saturated heterocycles. The summed E-state index contributed by atoms with van der Waals surface area (Å²) in [4.78, 5) is 16.2. The van der Waals surface area contributed by atoms with Gasteiger partial charge in [0.25, 0.3) is 0 Å². The highest BCUT2D eigenvalue weighted by Gasteiger charge is 2.24. The van der Waals surface area contributed by atoms with E-state index >= 15 is 0 Å². The summed E-state index contributed by atoms with van der Waals surface area (Å²) >= 11 is 0. The zero-order chi connectivity index (χ0) is 16.2. The van der Waals surface area contributed by atoms with E-state index in [-0.39, 0.29) is 17.4 Å². The fourth-order valence-electron chi connectivity index (χ4n) is 2.16. The molecule has 5 heteroatoms. The first-order chi connectivity index (χ1) is 11.2. The Kier molecular flexibility index (Phi) is 4.19. The van der Waals surface area contributed by atoms with Crippen LogP contribution < -0.4 is 4.74 Å². The average molecular weight is 311 g/mol. The van der Waals surface area contributed by atoms with Crippen LogP contribution in [0.1, 0.15) is 18.1 Å². The van der Waals surface area contributed by atoms with Crippen LogP contribution in [0.2, 0.25) is 0 Å². The van der Waals surface area contributed by atoms with Gasteiger partial charge >= 0.3 is 5.97 Å². The van der Waals surface area contributed by atoms with Crippen LogP contribution in [0.25, 0.3) is 6.08 Å². The summed E-state index contributed by atoms with van der Waals surface area (Å²) < 4.78 is 23.6. The highest BCUT2D eigenvalue weighted by Crippen LogP contribution is 2.24. The lowest BCUT2D eigenvalue weighted by Gasteiger charge is -2.06. The molecule has 3 rings (SSSR count). The van der Waals surface area contributed by atoms with Gasteiger partial charge in [-0.05, 0) is 43.3 Å². The molecule has 0 radical (unpaired) electrons. The van der Waals surface area contributed by atoms with Gasteiger partial charge in [0.15, 0.2) is 5.70 Å². The number of hydrogen-bond donors (Lipinski definition) is 0. The average Bonchev–Trinajstić information content (AvgIpc) is 2.91. The largest absolute Gasteiger partial charge is 0.493 e. The van der Waals surface area contributed by atoms with Crippen LogP contribution >= 0.6 is 0 Å². The second-order valence-electron chi connectivity index (χ2n) is 4.81. The number of carbonyl (C=O) groups is 1. The van der Waals surface area contributed by atoms with Crippen molar-refractivity contribution in [3.05, 3.63) is 71.2 Å². The van der Waals surface area contributed by atoms with E-state index in [9.17, 15) is 9.18 Å². The van der Waals surface area contributed by atoms with E-state index in [0.717, 1.165) is 5.56 Å². The highest BCUT2D eigenvalue weighted by atomic mass is 19.1. The molecule has 0 aliphatic carbocycles. The van der Waals surface area contributed by atoms with E-state index in [1.54, 1.807) is 6.08 Å². The van der Waals surface area contributed by atoms with Gasteiger partial charge in [0.2, 0.25) is 5.90 Å². The first kappa shape index (κ1) is 15.0. The molecule has 2 aromatic rings. The Hall–Kier alpha value is -2.95. The Labute approximate surface area is 132 Å². The molecule has 1 heterocycles. The van der Waals surface area contributed by atoms with Crippen molar-refractivity contribution in [3.63, 3.8) is 0 Å². The molecule has 0 amide bonds. The Morgan fingerprint density at radius 2 is 1.91 bits per heavy atom. The summed E-state index contributed by atoms with van der Waals surface area (Å²) in [5.41, 5.74) is 1.46. The molecule has 4 nitrogen and oxygen atoms in total. The van der Waals surface area contributed by atoms with E-state index in [1.807, 2.05) is 31.2 Å². The number of ether oxygens (including phenoxy) is 2. The predicted octanol–water partition coefficient (Wildman–Crippen LogP) is 3.57. The second-order valence-corrected chi connectivity index (χ2v) is 4.81. The molecule has 1 aliphatic rings. The standard InChI is InChI=1S/C18H14FNO3/c1-2-22-16-6-4-3-5-13(16)11-15-18(21)23-17(20-15)12-7-9-14(19)10-8-12/h3-11H,2H2,1H3/b15-11+. The van der Waals surface area contributed by atoms with Crippen LogP contribution in [-0.2, 0) is 9.53 Å². The maximum atomic E-state index is 13.0. The van der Waals surface area contributed by atoms with Gasteiger partial charge in [-0.2, -0.15) is 0 Å². The molecule has 0 N–H and O–H groups in total. The molecular weight excluding hydrogens is 297 g/mol. The number of nitrogens with zero attached hydrogens (tertiary/aromatic N) is 1. The molecule has 0 unspecified atom stereocenters. The van der Waals surface area contributed by atoms with Crippen LogP contribution in [0.3, 0.4) is 0 Å². The molecule has 0 spiro atoms. The SMILES string of the molecule is CCOc1ccccc1/C=C1/N=C(c2ccc(F)cc2)OC1=O. The number of para-hydroxylation sites is 1. The normalized spacial score (nSPS) is 15.5. The second kappa shape index (κ2) is 6.44. The summed E-state index contributed by atoms with van der Waals surface area (Å²) in [6.45, 7) is 2.41. The smallest absolute Gasteiger partial charge is 0.363 e. The summed E-state index contributed by atoms with van der Waals surface area (Å²) in [6.07, 6.45) is 1.61. The van der Waals surface area contributed by atoms with Crippen LogP contribution in [-0.4, -0.2) is 18.5 Å². The van der Waals surface area contributed by atoms with Gasteiger partial charge in [-0.15, -0.1) is 0 Å². The third kappa shape index (κ3) is 3.29. The van der Waals surface area contributed by atoms with Gasteiger partial charge in [0.1, 0.15) is 11.6 Å². The third-order valence-corrected chi connectivity index (χ3v) is 3.22. The predicted molar refractivity (Wildman–Crippen MR) is 84.6 cm³/mol. The lowest BCUT2D eigenvalue weighted by molar-refractivity contribution is -0.129. The molecule has 2 aromatic carbocycles. The maximum Gasteiger partial charge on any atom is 0.363 e. The fourth-order valence-corrected chi connectivity index (χ4v) is 2.16. The van der Waals surface area contributed by atoms with Gasteiger partial charge < -0.3 is 9.47 Å². The first-order valence-corrected chi connectivity index (χ1v) is 7.17. The van der Waals surface area contributed by atoms with Crippen molar-refractivity contribution in [1.82, 2.24) is 0 Å². The molecule has 0 bridgehead atoms. The van der Waals surface area contributed by atoms with E-state index in [1.165, 1.54) is 24.3 Å². The highest BCUT2D eigenvalue weighted by molar-refractivity contribution is 6.12. The van der Waals surface area contributed by atoms with Crippen molar-refractivity contribution >= 4 is 17.9 Å². The summed E-state index contributed by atoms with van der Waals surface area (Å²) in [5.74, 6) is -0.0772. The molecule has 1 aliphatic heterocycles. The van der Waals surface area contributed by atoms with E-state index in [2.05, 4.69) is 4.99 Å². The monoisotopic (exact) mass is 311 g/mol.